The van der Waals surface area contributed by atoms with Crippen LogP contribution in [0.3, 0.4) is 0 Å². The molecule has 4 aromatic carbocycles. The Kier molecular flexibility index (Phi) is 27.3. The maximum Gasteiger partial charge on any atom is 2.00 e. The Hall–Kier alpha value is -5.47. The van der Waals surface area contributed by atoms with Crippen LogP contribution < -0.4 is 20.4 Å². The van der Waals surface area contributed by atoms with E-state index in [1.165, 1.54) is 0 Å². The van der Waals surface area contributed by atoms with Crippen molar-refractivity contribution in [3.8, 4) is 0 Å². The van der Waals surface area contributed by atoms with Gasteiger partial charge >= 0.3 is 39.0 Å². The van der Waals surface area contributed by atoms with Crippen molar-refractivity contribution in [2.45, 2.75) is 0 Å². The van der Waals surface area contributed by atoms with Crippen molar-refractivity contribution in [3.05, 3.63) is 139 Å². The van der Waals surface area contributed by atoms with Crippen LogP contribution in [-0.2, 0) is 39.0 Å². The van der Waals surface area contributed by atoms with Crippen LogP contribution in [0, 0.1) is 116 Å². The van der Waals surface area contributed by atoms with Gasteiger partial charge in [0.05, 0.1) is 46.1 Å². The zero-order valence-corrected chi connectivity index (χ0v) is 31.7. The molecular formula is C30H8F20O10Rh2. The number of rotatable bonds is 4. The monoisotopic (exact) mass is 1110 g/mol. The normalized spacial score (nSPS) is 9.55. The average molecular weight is 1110 g/mol. The van der Waals surface area contributed by atoms with Crippen molar-refractivity contribution >= 4 is 23.9 Å². The van der Waals surface area contributed by atoms with E-state index in [2.05, 4.69) is 0 Å². The first-order chi connectivity index (χ1) is 27.5. The van der Waals surface area contributed by atoms with Gasteiger partial charge in [-0.2, -0.15) is 0 Å². The van der Waals surface area contributed by atoms with E-state index in [-0.39, 0.29) is 39.0 Å². The number of benzene rings is 4. The summed E-state index contributed by atoms with van der Waals surface area (Å²) in [5, 5.41) is 54.0. The fraction of sp³-hybridized carbons (Fsp3) is 0.0667. The van der Waals surface area contributed by atoms with Gasteiger partial charge in [-0.15, -0.1) is 0 Å². The first kappa shape index (κ1) is 63.2. The molecular weight excluding hydrogens is 1110 g/mol. The second-order valence-corrected chi connectivity index (χ2v) is 8.93. The van der Waals surface area contributed by atoms with Crippen LogP contribution >= 0.6 is 0 Å². The summed E-state index contributed by atoms with van der Waals surface area (Å²) in [7, 11) is 2.00. The van der Waals surface area contributed by atoms with E-state index < -0.39 is 162 Å². The standard InChI is InChI=1S/4C7HF5O2.2CH4O.2Rh/c4*8-2-1(7(13)14)3(9)5(11)6(12)4(2)10;2*1-2;;/h4*(H,13,14);2*2H,1H3;;/q;;;;;;2*+2/p-4. The van der Waals surface area contributed by atoms with Crippen LogP contribution in [0.4, 0.5) is 87.8 Å². The summed E-state index contributed by atoms with van der Waals surface area (Å²) < 4.78 is 248. The van der Waals surface area contributed by atoms with Crippen LogP contribution in [0.2, 0.25) is 0 Å². The average Bonchev–Trinajstić information content (AvgIpc) is 3.19. The number of hydrogen-bond acceptors (Lipinski definition) is 10. The van der Waals surface area contributed by atoms with Gasteiger partial charge < -0.3 is 49.8 Å². The quantitative estimate of drug-likeness (QED) is 0.132. The fourth-order valence-corrected chi connectivity index (χ4v) is 3.14. The number of aliphatic hydroxyl groups excluding tert-OH is 2. The molecule has 346 valence electrons. The Balaban J connectivity index is -0.000000348. The molecule has 10 nitrogen and oxygen atoms in total. The largest absolute Gasteiger partial charge is 2.00 e. The van der Waals surface area contributed by atoms with Crippen molar-refractivity contribution in [1.82, 2.24) is 0 Å². The van der Waals surface area contributed by atoms with E-state index in [1.807, 2.05) is 0 Å². The Labute approximate surface area is 352 Å². The summed E-state index contributed by atoms with van der Waals surface area (Å²) in [4.78, 5) is 40.0. The molecule has 4 aromatic rings. The fourth-order valence-electron chi connectivity index (χ4n) is 3.14. The third kappa shape index (κ3) is 13.8. The predicted octanol–water partition coefficient (Wildman–Crippen LogP) is 2.19. The van der Waals surface area contributed by atoms with Crippen molar-refractivity contribution in [2.75, 3.05) is 14.2 Å². The summed E-state index contributed by atoms with van der Waals surface area (Å²) in [6.07, 6.45) is 0. The van der Waals surface area contributed by atoms with E-state index in [4.69, 9.17) is 10.2 Å². The number of carboxylic acids is 4. The molecule has 2 radical (unpaired) electrons. The maximum absolute atomic E-state index is 12.5. The molecule has 32 heteroatoms. The van der Waals surface area contributed by atoms with Crippen molar-refractivity contribution in [3.63, 3.8) is 0 Å². The molecule has 0 fully saturated rings. The maximum atomic E-state index is 12.5. The molecule has 2 N–H and O–H groups in total. The minimum Gasteiger partial charge on any atom is -0.545 e. The van der Waals surface area contributed by atoms with Crippen LogP contribution in [-0.4, -0.2) is 48.3 Å². The second-order valence-electron chi connectivity index (χ2n) is 8.93. The Morgan fingerprint density at radius 1 is 0.242 bits per heavy atom. The second kappa shape index (κ2) is 26.8. The molecule has 62 heavy (non-hydrogen) atoms. The van der Waals surface area contributed by atoms with Crippen molar-refractivity contribution in [1.29, 1.82) is 0 Å². The van der Waals surface area contributed by atoms with Crippen molar-refractivity contribution < 1.29 is 177 Å². The van der Waals surface area contributed by atoms with Crippen molar-refractivity contribution in [2.24, 2.45) is 0 Å². The van der Waals surface area contributed by atoms with Gasteiger partial charge in [0.1, 0.15) is 0 Å². The summed E-state index contributed by atoms with van der Waals surface area (Å²) >= 11 is 0. The molecule has 0 amide bonds. The molecule has 0 saturated carbocycles. The number of aliphatic hydroxyl groups is 2. The summed E-state index contributed by atoms with van der Waals surface area (Å²) in [6.45, 7) is 0. The van der Waals surface area contributed by atoms with Crippen LogP contribution in [0.25, 0.3) is 0 Å². The third-order valence-electron chi connectivity index (χ3n) is 5.66. The molecule has 0 unspecified atom stereocenters. The molecule has 0 aliphatic rings. The van der Waals surface area contributed by atoms with E-state index in [0.29, 0.717) is 0 Å². The van der Waals surface area contributed by atoms with Gasteiger partial charge in [-0.05, 0) is 0 Å². The topological polar surface area (TPSA) is 201 Å². The summed E-state index contributed by atoms with van der Waals surface area (Å²) in [5.74, 6) is -57.4. The SMILES string of the molecule is CO.CO.O=C([O-])c1c(F)c(F)c(F)c(F)c1F.O=C([O-])c1c(F)c(F)c(F)c(F)c1F.O=C([O-])c1c(F)c(F)c(F)c(F)c1F.O=C([O-])c1c(F)c(F)c(F)c(F)c1F.[Rh+2].[Rh+2]. The number of carboxylic acid groups (broad SMARTS) is 4. The smallest absolute Gasteiger partial charge is 0.545 e. The minimum atomic E-state index is -2.47. The molecule has 0 bridgehead atoms. The number of aromatic carboxylic acids is 4. The third-order valence-corrected chi connectivity index (χ3v) is 5.66. The Bertz CT molecular complexity index is 1880. The summed E-state index contributed by atoms with van der Waals surface area (Å²) in [5.41, 5.74) is -7.88. The van der Waals surface area contributed by atoms with Crippen LogP contribution in [0.15, 0.2) is 0 Å². The number of halogens is 20. The molecule has 0 aliphatic carbocycles. The molecule has 0 aromatic heterocycles. The zero-order chi connectivity index (χ0) is 48.2. The van der Waals surface area contributed by atoms with Crippen LogP contribution in [0.5, 0.6) is 0 Å². The minimum absolute atomic E-state index is 0. The van der Waals surface area contributed by atoms with E-state index in [0.717, 1.165) is 14.2 Å². The van der Waals surface area contributed by atoms with E-state index >= 15 is 0 Å². The first-order valence-corrected chi connectivity index (χ1v) is 13.3. The molecule has 0 aliphatic heterocycles. The van der Waals surface area contributed by atoms with Gasteiger partial charge in [0.25, 0.3) is 0 Å². The molecule has 4 rings (SSSR count). The van der Waals surface area contributed by atoms with Gasteiger partial charge in [-0.3, -0.25) is 0 Å². The van der Waals surface area contributed by atoms with Crippen LogP contribution in [0.1, 0.15) is 41.4 Å². The first-order valence-electron chi connectivity index (χ1n) is 13.3. The molecule has 0 saturated heterocycles. The van der Waals surface area contributed by atoms with Gasteiger partial charge in [-0.25, -0.2) is 87.8 Å². The van der Waals surface area contributed by atoms with E-state index in [1.54, 1.807) is 0 Å². The van der Waals surface area contributed by atoms with Gasteiger partial charge in [0.2, 0.25) is 23.3 Å². The van der Waals surface area contributed by atoms with Gasteiger partial charge in [-0.1, -0.05) is 0 Å². The number of hydrogen-bond donors (Lipinski definition) is 2. The van der Waals surface area contributed by atoms with E-state index in [9.17, 15) is 127 Å². The molecule has 0 spiro atoms. The molecule has 0 heterocycles. The number of carbonyl (C=O) groups is 4. The number of carbonyl (C=O) groups excluding carboxylic acids is 4. The zero-order valence-electron chi connectivity index (χ0n) is 28.4. The Morgan fingerprint density at radius 2 is 0.306 bits per heavy atom. The molecule has 0 atom stereocenters. The predicted molar refractivity (Wildman–Crippen MR) is 139 cm³/mol. The van der Waals surface area contributed by atoms with Gasteiger partial charge in [0.15, 0.2) is 93.1 Å². The Morgan fingerprint density at radius 3 is 0.371 bits per heavy atom. The van der Waals surface area contributed by atoms with Gasteiger partial charge in [0, 0.05) is 14.2 Å². The summed E-state index contributed by atoms with van der Waals surface area (Å²) in [6, 6.07) is 0.